The number of esters is 1. The van der Waals surface area contributed by atoms with Gasteiger partial charge >= 0.3 is 5.97 Å². The highest BCUT2D eigenvalue weighted by Gasteiger charge is 2.17. The van der Waals surface area contributed by atoms with E-state index in [9.17, 15) is 4.79 Å². The highest BCUT2D eigenvalue weighted by Crippen LogP contribution is 2.25. The Bertz CT molecular complexity index is 645. The Balaban J connectivity index is 1.75. The molecule has 0 saturated heterocycles. The summed E-state index contributed by atoms with van der Waals surface area (Å²) < 4.78 is 12.8. The molecule has 5 heteroatoms. The summed E-state index contributed by atoms with van der Waals surface area (Å²) in [7, 11) is 0. The molecule has 0 aliphatic heterocycles. The number of aromatic nitrogens is 2. The molecule has 5 nitrogen and oxygen atoms in total. The molecule has 0 N–H and O–H groups in total. The molecule has 3 rings (SSSR count). The fourth-order valence-electron chi connectivity index (χ4n) is 2.69. The van der Waals surface area contributed by atoms with Crippen molar-refractivity contribution in [1.82, 2.24) is 9.55 Å². The van der Waals surface area contributed by atoms with Crippen LogP contribution in [0.3, 0.4) is 0 Å². The molecule has 1 aromatic carbocycles. The third-order valence-electron chi connectivity index (χ3n) is 3.79. The van der Waals surface area contributed by atoms with Gasteiger partial charge in [0.15, 0.2) is 5.69 Å². The Hall–Kier alpha value is -2.30. The monoisotopic (exact) mass is 300 g/mol. The van der Waals surface area contributed by atoms with Crippen LogP contribution in [0, 0.1) is 0 Å². The molecule has 1 heterocycles. The van der Waals surface area contributed by atoms with Crippen molar-refractivity contribution >= 4 is 5.97 Å². The molecule has 0 unspecified atom stereocenters. The first-order valence-corrected chi connectivity index (χ1v) is 7.74. The fourth-order valence-corrected chi connectivity index (χ4v) is 2.69. The summed E-state index contributed by atoms with van der Waals surface area (Å²) in [5, 5.41) is 0. The highest BCUT2D eigenvalue weighted by molar-refractivity contribution is 5.87. The zero-order valence-corrected chi connectivity index (χ0v) is 12.7. The third-order valence-corrected chi connectivity index (χ3v) is 3.79. The van der Waals surface area contributed by atoms with Crippen molar-refractivity contribution in [2.24, 2.45) is 0 Å². The molecular weight excluding hydrogens is 280 g/mol. The van der Waals surface area contributed by atoms with Crippen molar-refractivity contribution in [2.45, 2.75) is 38.7 Å². The molecule has 22 heavy (non-hydrogen) atoms. The van der Waals surface area contributed by atoms with Gasteiger partial charge in [0.1, 0.15) is 12.1 Å². The summed E-state index contributed by atoms with van der Waals surface area (Å²) in [6.45, 7) is 2.12. The number of benzene rings is 1. The normalized spacial score (nSPS) is 15.0. The minimum absolute atomic E-state index is 0.309. The van der Waals surface area contributed by atoms with E-state index in [2.05, 4.69) is 4.98 Å². The molecule has 116 valence electrons. The highest BCUT2D eigenvalue weighted by atomic mass is 16.5. The lowest BCUT2D eigenvalue weighted by Gasteiger charge is -2.13. The largest absolute Gasteiger partial charge is 0.490 e. The Kier molecular flexibility index (Phi) is 4.42. The van der Waals surface area contributed by atoms with Crippen molar-refractivity contribution in [3.8, 4) is 11.4 Å². The van der Waals surface area contributed by atoms with E-state index in [1.165, 1.54) is 12.8 Å². The summed E-state index contributed by atoms with van der Waals surface area (Å²) in [5.74, 6) is 0.454. The predicted octanol–water partition coefficient (Wildman–Crippen LogP) is 3.37. The van der Waals surface area contributed by atoms with Gasteiger partial charge < -0.3 is 14.0 Å². The van der Waals surface area contributed by atoms with Crippen LogP contribution in [0.4, 0.5) is 0 Å². The second-order valence-corrected chi connectivity index (χ2v) is 5.41. The van der Waals surface area contributed by atoms with Crippen molar-refractivity contribution in [1.29, 1.82) is 0 Å². The van der Waals surface area contributed by atoms with Crippen LogP contribution in [-0.2, 0) is 4.74 Å². The number of carbonyl (C=O) groups excluding carboxylic acids is 1. The number of ether oxygens (including phenoxy) is 2. The van der Waals surface area contributed by atoms with Gasteiger partial charge in [0.25, 0.3) is 0 Å². The van der Waals surface area contributed by atoms with E-state index < -0.39 is 5.97 Å². The van der Waals surface area contributed by atoms with E-state index in [0.29, 0.717) is 18.4 Å². The van der Waals surface area contributed by atoms with Crippen molar-refractivity contribution < 1.29 is 14.3 Å². The molecule has 0 radical (unpaired) electrons. The van der Waals surface area contributed by atoms with Gasteiger partial charge in [-0.3, -0.25) is 0 Å². The van der Waals surface area contributed by atoms with Gasteiger partial charge in [-0.1, -0.05) is 6.07 Å². The van der Waals surface area contributed by atoms with Crippen LogP contribution in [0.2, 0.25) is 0 Å². The van der Waals surface area contributed by atoms with Gasteiger partial charge in [0.05, 0.1) is 18.4 Å². The number of hydrogen-bond acceptors (Lipinski definition) is 4. The number of rotatable bonds is 5. The molecule has 0 spiro atoms. The maximum absolute atomic E-state index is 11.7. The lowest BCUT2D eigenvalue weighted by molar-refractivity contribution is 0.0520. The van der Waals surface area contributed by atoms with E-state index >= 15 is 0 Å². The Morgan fingerprint density at radius 3 is 2.95 bits per heavy atom. The summed E-state index contributed by atoms with van der Waals surface area (Å²) in [5.41, 5.74) is 1.22. The van der Waals surface area contributed by atoms with Gasteiger partial charge in [-0.15, -0.1) is 0 Å². The van der Waals surface area contributed by atoms with Gasteiger partial charge in [0, 0.05) is 12.3 Å². The smallest absolute Gasteiger partial charge is 0.358 e. The van der Waals surface area contributed by atoms with Crippen LogP contribution in [0.25, 0.3) is 5.69 Å². The summed E-state index contributed by atoms with van der Waals surface area (Å²) in [6.07, 6.45) is 8.36. The van der Waals surface area contributed by atoms with Crippen LogP contribution in [-0.4, -0.2) is 28.2 Å². The minimum Gasteiger partial charge on any atom is -0.490 e. The first-order valence-electron chi connectivity index (χ1n) is 7.74. The van der Waals surface area contributed by atoms with E-state index in [0.717, 1.165) is 24.3 Å². The number of nitrogens with zero attached hydrogens (tertiary/aromatic N) is 2. The number of hydrogen-bond donors (Lipinski definition) is 0. The average molecular weight is 300 g/mol. The minimum atomic E-state index is -0.403. The Morgan fingerprint density at radius 2 is 2.18 bits per heavy atom. The summed E-state index contributed by atoms with van der Waals surface area (Å²) >= 11 is 0. The first-order chi connectivity index (χ1) is 10.8. The molecular formula is C17H20N2O3. The van der Waals surface area contributed by atoms with Crippen LogP contribution < -0.4 is 4.74 Å². The first kappa shape index (κ1) is 14.6. The van der Waals surface area contributed by atoms with Gasteiger partial charge in [0.2, 0.25) is 0 Å². The molecule has 1 aliphatic rings. The average Bonchev–Trinajstić information content (AvgIpc) is 3.19. The molecule has 0 bridgehead atoms. The van der Waals surface area contributed by atoms with Crippen molar-refractivity contribution in [2.75, 3.05) is 6.61 Å². The molecule has 1 saturated carbocycles. The van der Waals surface area contributed by atoms with E-state index in [4.69, 9.17) is 9.47 Å². The van der Waals surface area contributed by atoms with E-state index in [1.54, 1.807) is 24.0 Å². The van der Waals surface area contributed by atoms with Crippen LogP contribution in [0.1, 0.15) is 43.1 Å². The molecule has 0 atom stereocenters. The van der Waals surface area contributed by atoms with Crippen LogP contribution in [0.5, 0.6) is 5.75 Å². The molecule has 0 amide bonds. The van der Waals surface area contributed by atoms with Crippen molar-refractivity contribution in [3.05, 3.63) is 42.5 Å². The topological polar surface area (TPSA) is 53.4 Å². The maximum atomic E-state index is 11.7. The van der Waals surface area contributed by atoms with Gasteiger partial charge in [-0.2, -0.15) is 0 Å². The third kappa shape index (κ3) is 3.30. The second-order valence-electron chi connectivity index (χ2n) is 5.41. The summed E-state index contributed by atoms with van der Waals surface area (Å²) in [4.78, 5) is 15.8. The quantitative estimate of drug-likeness (QED) is 0.794. The maximum Gasteiger partial charge on any atom is 0.358 e. The molecule has 1 aliphatic carbocycles. The SMILES string of the molecule is CCOC(=O)c1cn(-c2cccc(OC3CCCC3)c2)cn1. The van der Waals surface area contributed by atoms with Crippen LogP contribution in [0.15, 0.2) is 36.8 Å². The molecule has 2 aromatic rings. The zero-order valence-electron chi connectivity index (χ0n) is 12.7. The molecule has 1 aromatic heterocycles. The van der Waals surface area contributed by atoms with E-state index in [-0.39, 0.29) is 0 Å². The Labute approximate surface area is 129 Å². The standard InChI is InChI=1S/C17H20N2O3/c1-2-21-17(20)16-11-19(12-18-16)13-6-5-9-15(10-13)22-14-7-3-4-8-14/h5-6,9-12,14H,2-4,7-8H2,1H3. The summed E-state index contributed by atoms with van der Waals surface area (Å²) in [6, 6.07) is 7.84. The van der Waals surface area contributed by atoms with Crippen molar-refractivity contribution in [3.63, 3.8) is 0 Å². The van der Waals surface area contributed by atoms with Gasteiger partial charge in [-0.25, -0.2) is 9.78 Å². The lowest BCUT2D eigenvalue weighted by Crippen LogP contribution is -2.10. The number of carbonyl (C=O) groups is 1. The zero-order chi connectivity index (χ0) is 15.4. The Morgan fingerprint density at radius 1 is 1.36 bits per heavy atom. The van der Waals surface area contributed by atoms with Crippen LogP contribution >= 0.6 is 0 Å². The second kappa shape index (κ2) is 6.64. The lowest BCUT2D eigenvalue weighted by atomic mass is 10.2. The number of imidazole rings is 1. The fraction of sp³-hybridized carbons (Fsp3) is 0.412. The predicted molar refractivity (Wildman–Crippen MR) is 82.4 cm³/mol. The molecule has 1 fully saturated rings. The van der Waals surface area contributed by atoms with Gasteiger partial charge in [-0.05, 0) is 44.7 Å². The van der Waals surface area contributed by atoms with E-state index in [1.807, 2.05) is 24.3 Å².